The molecule has 0 saturated carbocycles. The van der Waals surface area contributed by atoms with Crippen molar-refractivity contribution < 1.29 is 9.53 Å². The monoisotopic (exact) mass is 218 g/mol. The molecule has 4 nitrogen and oxygen atoms in total. The van der Waals surface area contributed by atoms with Gasteiger partial charge in [0.15, 0.2) is 0 Å². The van der Waals surface area contributed by atoms with E-state index in [0.717, 1.165) is 0 Å². The average molecular weight is 219 g/mol. The molecule has 0 amide bonds. The zero-order valence-corrected chi connectivity index (χ0v) is 7.75. The van der Waals surface area contributed by atoms with E-state index in [1.54, 1.807) is 11.7 Å². The Morgan fingerprint density at radius 2 is 2.45 bits per heavy atom. The first kappa shape index (κ1) is 8.26. The summed E-state index contributed by atoms with van der Waals surface area (Å²) in [6, 6.07) is 0. The van der Waals surface area contributed by atoms with Crippen molar-refractivity contribution in [3.8, 4) is 0 Å². The van der Waals surface area contributed by atoms with Crippen molar-refractivity contribution in [3.63, 3.8) is 0 Å². The number of aromatic nitrogens is 2. The predicted octanol–water partition coefficient (Wildman–Crippen LogP) is 0.969. The van der Waals surface area contributed by atoms with E-state index < -0.39 is 0 Å². The Bertz CT molecular complexity index is 282. The number of rotatable bonds is 1. The van der Waals surface area contributed by atoms with Gasteiger partial charge in [-0.3, -0.25) is 4.68 Å². The Balaban J connectivity index is 3.04. The van der Waals surface area contributed by atoms with Crippen molar-refractivity contribution in [3.05, 3.63) is 16.4 Å². The van der Waals surface area contributed by atoms with Gasteiger partial charge in [-0.1, -0.05) is 0 Å². The molecule has 1 aromatic heterocycles. The zero-order valence-electron chi connectivity index (χ0n) is 6.17. The molecule has 0 aliphatic rings. The van der Waals surface area contributed by atoms with Gasteiger partial charge in [0.25, 0.3) is 0 Å². The van der Waals surface area contributed by atoms with Gasteiger partial charge in [0.05, 0.1) is 13.3 Å². The highest BCUT2D eigenvalue weighted by Gasteiger charge is 2.13. The number of carbonyl (C=O) groups excluding carboxylic acids is 1. The van der Waals surface area contributed by atoms with Crippen LogP contribution in [0.4, 0.5) is 0 Å². The lowest BCUT2D eigenvalue weighted by molar-refractivity contribution is 0.0599. The summed E-state index contributed by atoms with van der Waals surface area (Å²) in [5.74, 6) is -0.384. The minimum absolute atomic E-state index is 0.384. The number of hydrogen-bond donors (Lipinski definition) is 0. The van der Waals surface area contributed by atoms with Gasteiger partial charge in [0.2, 0.25) is 0 Å². The van der Waals surface area contributed by atoms with Gasteiger partial charge in [-0.05, 0) is 15.9 Å². The molecule has 0 N–H and O–H groups in total. The molecule has 1 rings (SSSR count). The zero-order chi connectivity index (χ0) is 8.43. The molecule has 1 aromatic rings. The summed E-state index contributed by atoms with van der Waals surface area (Å²) in [6.07, 6.45) is 1.45. The summed E-state index contributed by atoms with van der Waals surface area (Å²) in [6.45, 7) is 0. The minimum atomic E-state index is -0.384. The van der Waals surface area contributed by atoms with Crippen LogP contribution in [0.5, 0.6) is 0 Å². The Morgan fingerprint density at radius 1 is 1.82 bits per heavy atom. The number of methoxy groups -OCH3 is 1. The summed E-state index contributed by atoms with van der Waals surface area (Å²) >= 11 is 3.19. The van der Waals surface area contributed by atoms with E-state index in [1.165, 1.54) is 13.3 Å². The molecule has 0 unspecified atom stereocenters. The second kappa shape index (κ2) is 3.04. The van der Waals surface area contributed by atoms with Crippen LogP contribution >= 0.6 is 15.9 Å². The Kier molecular flexibility index (Phi) is 2.28. The van der Waals surface area contributed by atoms with Gasteiger partial charge >= 0.3 is 5.97 Å². The van der Waals surface area contributed by atoms with E-state index in [2.05, 4.69) is 25.8 Å². The predicted molar refractivity (Wildman–Crippen MR) is 42.2 cm³/mol. The van der Waals surface area contributed by atoms with Gasteiger partial charge < -0.3 is 4.74 Å². The normalized spacial score (nSPS) is 9.73. The number of nitrogens with zero attached hydrogens (tertiary/aromatic N) is 2. The number of esters is 1. The van der Waals surface area contributed by atoms with Gasteiger partial charge in [0.1, 0.15) is 10.2 Å². The molecule has 0 radical (unpaired) electrons. The SMILES string of the molecule is COC(=O)c1cnn(C)c1Br. The highest BCUT2D eigenvalue weighted by atomic mass is 79.9. The van der Waals surface area contributed by atoms with Crippen molar-refractivity contribution in [1.29, 1.82) is 0 Å². The van der Waals surface area contributed by atoms with Gasteiger partial charge in [0, 0.05) is 7.05 Å². The highest BCUT2D eigenvalue weighted by molar-refractivity contribution is 9.10. The molecule has 0 fully saturated rings. The number of halogens is 1. The fourth-order valence-corrected chi connectivity index (χ4v) is 1.03. The molecular formula is C6H7BrN2O2. The molecule has 0 bridgehead atoms. The van der Waals surface area contributed by atoms with Crippen molar-refractivity contribution in [2.45, 2.75) is 0 Å². The van der Waals surface area contributed by atoms with E-state index in [4.69, 9.17) is 0 Å². The van der Waals surface area contributed by atoms with Crippen molar-refractivity contribution in [2.75, 3.05) is 7.11 Å². The maximum Gasteiger partial charge on any atom is 0.342 e. The number of hydrogen-bond acceptors (Lipinski definition) is 3. The van der Waals surface area contributed by atoms with Crippen LogP contribution in [0.2, 0.25) is 0 Å². The maximum atomic E-state index is 10.9. The molecular weight excluding hydrogens is 212 g/mol. The first-order chi connectivity index (χ1) is 5.16. The van der Waals surface area contributed by atoms with Crippen molar-refractivity contribution >= 4 is 21.9 Å². The van der Waals surface area contributed by atoms with Crippen LogP contribution in [-0.2, 0) is 11.8 Å². The topological polar surface area (TPSA) is 44.1 Å². The Labute approximate surface area is 72.3 Å². The first-order valence-corrected chi connectivity index (χ1v) is 3.72. The molecule has 60 valence electrons. The smallest absolute Gasteiger partial charge is 0.342 e. The molecule has 0 spiro atoms. The van der Waals surface area contributed by atoms with Gasteiger partial charge in [-0.15, -0.1) is 0 Å². The fourth-order valence-electron chi connectivity index (χ4n) is 0.669. The summed E-state index contributed by atoms with van der Waals surface area (Å²) in [5, 5.41) is 3.85. The molecule has 0 aromatic carbocycles. The summed E-state index contributed by atoms with van der Waals surface area (Å²) in [7, 11) is 3.07. The molecule has 0 saturated heterocycles. The van der Waals surface area contributed by atoms with Crippen LogP contribution in [0.3, 0.4) is 0 Å². The van der Waals surface area contributed by atoms with E-state index in [-0.39, 0.29) is 5.97 Å². The largest absolute Gasteiger partial charge is 0.465 e. The molecule has 11 heavy (non-hydrogen) atoms. The van der Waals surface area contributed by atoms with E-state index in [9.17, 15) is 4.79 Å². The molecule has 0 aliphatic carbocycles. The van der Waals surface area contributed by atoms with Crippen LogP contribution in [0.25, 0.3) is 0 Å². The van der Waals surface area contributed by atoms with Crippen molar-refractivity contribution in [2.24, 2.45) is 7.05 Å². The maximum absolute atomic E-state index is 10.9. The second-order valence-electron chi connectivity index (χ2n) is 1.96. The number of carbonyl (C=O) groups is 1. The third-order valence-corrected chi connectivity index (χ3v) is 2.21. The van der Waals surface area contributed by atoms with Gasteiger partial charge in [-0.2, -0.15) is 5.10 Å². The quantitative estimate of drug-likeness (QED) is 0.661. The molecule has 0 aliphatic heterocycles. The molecule has 0 atom stereocenters. The van der Waals surface area contributed by atoms with E-state index in [0.29, 0.717) is 10.2 Å². The second-order valence-corrected chi connectivity index (χ2v) is 2.72. The lowest BCUT2D eigenvalue weighted by atomic mass is 10.4. The third kappa shape index (κ3) is 1.42. The van der Waals surface area contributed by atoms with Crippen molar-refractivity contribution in [1.82, 2.24) is 9.78 Å². The Morgan fingerprint density at radius 3 is 2.82 bits per heavy atom. The van der Waals surface area contributed by atoms with E-state index >= 15 is 0 Å². The lowest BCUT2D eigenvalue weighted by Crippen LogP contribution is -2.00. The number of aryl methyl sites for hydroxylation is 1. The van der Waals surface area contributed by atoms with Gasteiger partial charge in [-0.25, -0.2) is 4.79 Å². The van der Waals surface area contributed by atoms with E-state index in [1.807, 2.05) is 0 Å². The van der Waals surface area contributed by atoms with Crippen LogP contribution < -0.4 is 0 Å². The summed E-state index contributed by atoms with van der Waals surface area (Å²) < 4.78 is 6.69. The highest BCUT2D eigenvalue weighted by Crippen LogP contribution is 2.15. The van der Waals surface area contributed by atoms with Crippen LogP contribution in [0.1, 0.15) is 10.4 Å². The standard InChI is InChI=1S/C6H7BrN2O2/c1-9-5(7)4(3-8-9)6(10)11-2/h3H,1-2H3. The lowest BCUT2D eigenvalue weighted by Gasteiger charge is -1.95. The summed E-state index contributed by atoms with van der Waals surface area (Å²) in [5.41, 5.74) is 0.440. The third-order valence-electron chi connectivity index (χ3n) is 1.27. The summed E-state index contributed by atoms with van der Waals surface area (Å²) in [4.78, 5) is 10.9. The first-order valence-electron chi connectivity index (χ1n) is 2.92. The molecule has 5 heteroatoms. The minimum Gasteiger partial charge on any atom is -0.465 e. The average Bonchev–Trinajstić information content (AvgIpc) is 2.32. The molecule has 1 heterocycles. The number of ether oxygens (including phenoxy) is 1. The Hall–Kier alpha value is -0.840. The van der Waals surface area contributed by atoms with Crippen LogP contribution in [0.15, 0.2) is 10.8 Å². The van der Waals surface area contributed by atoms with Crippen LogP contribution in [0, 0.1) is 0 Å². The van der Waals surface area contributed by atoms with Crippen LogP contribution in [-0.4, -0.2) is 22.9 Å². The fraction of sp³-hybridized carbons (Fsp3) is 0.333.